The summed E-state index contributed by atoms with van der Waals surface area (Å²) in [6, 6.07) is 20.8. The van der Waals surface area contributed by atoms with Gasteiger partial charge < -0.3 is 0 Å². The molecule has 144 valence electrons. The summed E-state index contributed by atoms with van der Waals surface area (Å²) in [6.07, 6.45) is 5.88. The molecular formula is C26H26F2. The quantitative estimate of drug-likeness (QED) is 0.376. The van der Waals surface area contributed by atoms with Gasteiger partial charge in [0.05, 0.1) is 0 Å². The van der Waals surface area contributed by atoms with Crippen LogP contribution in [0, 0.1) is 11.6 Å². The van der Waals surface area contributed by atoms with Crippen LogP contribution >= 0.6 is 0 Å². The number of halogens is 2. The van der Waals surface area contributed by atoms with Crippen molar-refractivity contribution < 1.29 is 8.78 Å². The summed E-state index contributed by atoms with van der Waals surface area (Å²) in [5.41, 5.74) is 4.19. The lowest BCUT2D eigenvalue weighted by Crippen LogP contribution is -1.99. The second-order valence-electron chi connectivity index (χ2n) is 7.31. The summed E-state index contributed by atoms with van der Waals surface area (Å²) < 4.78 is 28.6. The summed E-state index contributed by atoms with van der Waals surface area (Å²) in [5.74, 6) is -0.126. The van der Waals surface area contributed by atoms with Gasteiger partial charge in [0.1, 0.15) is 11.6 Å². The van der Waals surface area contributed by atoms with Crippen molar-refractivity contribution >= 4 is 12.2 Å². The summed E-state index contributed by atoms with van der Waals surface area (Å²) in [4.78, 5) is 0. The van der Waals surface area contributed by atoms with Gasteiger partial charge in [-0.25, -0.2) is 8.78 Å². The number of rotatable bonds is 7. The average molecular weight is 376 g/mol. The number of hydrogen-bond donors (Lipinski definition) is 0. The molecule has 3 aromatic carbocycles. The zero-order chi connectivity index (χ0) is 19.9. The first-order chi connectivity index (χ1) is 13.6. The van der Waals surface area contributed by atoms with Crippen molar-refractivity contribution in [3.05, 3.63) is 106 Å². The first-order valence-corrected chi connectivity index (χ1v) is 9.86. The fraction of sp³-hybridized carbons (Fsp3) is 0.231. The maximum absolute atomic E-state index is 14.5. The van der Waals surface area contributed by atoms with Crippen LogP contribution in [0.1, 0.15) is 54.0 Å². The van der Waals surface area contributed by atoms with E-state index < -0.39 is 0 Å². The molecule has 0 radical (unpaired) electrons. The molecular weight excluding hydrogens is 350 g/mol. The normalized spacial score (nSPS) is 12.4. The molecule has 0 aliphatic heterocycles. The standard InChI is InChI=1S/C26H26F2/c1-3-7-23-13-10-20(17-25(23)27)11-14-24-15-12-21(18-26(24)28)16-19(2)22-8-5-4-6-9-22/h4-6,8-15,17-19H,3,7,16H2,1-2H3/t19-/m0/s1. The molecule has 0 amide bonds. The molecule has 3 rings (SSSR count). The van der Waals surface area contributed by atoms with E-state index in [0.717, 1.165) is 36.0 Å². The molecule has 0 heterocycles. The maximum atomic E-state index is 14.5. The van der Waals surface area contributed by atoms with Gasteiger partial charge in [-0.2, -0.15) is 0 Å². The molecule has 0 aromatic heterocycles. The van der Waals surface area contributed by atoms with E-state index in [1.807, 2.05) is 43.3 Å². The summed E-state index contributed by atoms with van der Waals surface area (Å²) in [5, 5.41) is 0. The SMILES string of the molecule is CCCc1ccc(C=Cc2ccc(C[C@H](C)c3ccccc3)cc2F)cc1F. The van der Waals surface area contributed by atoms with E-state index in [9.17, 15) is 8.78 Å². The van der Waals surface area contributed by atoms with Gasteiger partial charge in [-0.15, -0.1) is 0 Å². The van der Waals surface area contributed by atoms with E-state index in [-0.39, 0.29) is 11.6 Å². The monoisotopic (exact) mass is 376 g/mol. The number of hydrogen-bond acceptors (Lipinski definition) is 0. The van der Waals surface area contributed by atoms with Crippen LogP contribution in [0.3, 0.4) is 0 Å². The van der Waals surface area contributed by atoms with Gasteiger partial charge in [-0.1, -0.05) is 87.0 Å². The molecule has 1 atom stereocenters. The van der Waals surface area contributed by atoms with Crippen LogP contribution in [0.2, 0.25) is 0 Å². The Morgan fingerprint density at radius 2 is 1.64 bits per heavy atom. The maximum Gasteiger partial charge on any atom is 0.130 e. The van der Waals surface area contributed by atoms with Crippen LogP contribution in [0.5, 0.6) is 0 Å². The predicted octanol–water partition coefficient (Wildman–Crippen LogP) is 7.43. The van der Waals surface area contributed by atoms with Crippen molar-refractivity contribution in [3.63, 3.8) is 0 Å². The molecule has 0 aliphatic rings. The highest BCUT2D eigenvalue weighted by molar-refractivity contribution is 5.70. The minimum Gasteiger partial charge on any atom is -0.207 e. The lowest BCUT2D eigenvalue weighted by Gasteiger charge is -2.12. The van der Waals surface area contributed by atoms with Crippen molar-refractivity contribution in [1.29, 1.82) is 0 Å². The summed E-state index contributed by atoms with van der Waals surface area (Å²) in [6.45, 7) is 4.18. The van der Waals surface area contributed by atoms with Crippen LogP contribution in [0.4, 0.5) is 8.78 Å². The first-order valence-electron chi connectivity index (χ1n) is 9.86. The Morgan fingerprint density at radius 1 is 0.857 bits per heavy atom. The summed E-state index contributed by atoms with van der Waals surface area (Å²) >= 11 is 0. The van der Waals surface area contributed by atoms with Gasteiger partial charge in [0, 0.05) is 5.56 Å². The predicted molar refractivity (Wildman–Crippen MR) is 114 cm³/mol. The van der Waals surface area contributed by atoms with Gasteiger partial charge >= 0.3 is 0 Å². The van der Waals surface area contributed by atoms with Gasteiger partial charge in [0.2, 0.25) is 0 Å². The van der Waals surface area contributed by atoms with Crippen LogP contribution in [0.25, 0.3) is 12.2 Å². The molecule has 0 nitrogen and oxygen atoms in total. The van der Waals surface area contributed by atoms with Crippen molar-refractivity contribution in [2.45, 2.75) is 39.0 Å². The molecule has 3 aromatic rings. The Labute approximate surface area is 166 Å². The van der Waals surface area contributed by atoms with Crippen LogP contribution in [0.15, 0.2) is 66.7 Å². The van der Waals surface area contributed by atoms with Crippen LogP contribution in [-0.4, -0.2) is 0 Å². The molecule has 0 unspecified atom stereocenters. The van der Waals surface area contributed by atoms with Gasteiger partial charge in [-0.3, -0.25) is 0 Å². The second kappa shape index (κ2) is 9.45. The van der Waals surface area contributed by atoms with Crippen molar-refractivity contribution in [2.75, 3.05) is 0 Å². The Morgan fingerprint density at radius 3 is 2.32 bits per heavy atom. The molecule has 0 bridgehead atoms. The average Bonchev–Trinajstić information content (AvgIpc) is 2.70. The number of benzene rings is 3. The highest BCUT2D eigenvalue weighted by Gasteiger charge is 2.08. The minimum absolute atomic E-state index is 0.199. The molecule has 0 saturated carbocycles. The van der Waals surface area contributed by atoms with Crippen molar-refractivity contribution in [1.82, 2.24) is 0 Å². The van der Waals surface area contributed by atoms with Crippen molar-refractivity contribution in [3.8, 4) is 0 Å². The Hall–Kier alpha value is -2.74. The minimum atomic E-state index is -0.253. The Balaban J connectivity index is 1.70. The molecule has 0 aliphatic carbocycles. The van der Waals surface area contributed by atoms with Gasteiger partial charge in [-0.05, 0) is 53.1 Å². The van der Waals surface area contributed by atoms with Crippen LogP contribution in [-0.2, 0) is 12.8 Å². The molecule has 0 spiro atoms. The summed E-state index contributed by atoms with van der Waals surface area (Å²) in [7, 11) is 0. The zero-order valence-corrected chi connectivity index (χ0v) is 16.5. The number of aryl methyl sites for hydroxylation is 1. The van der Waals surface area contributed by atoms with E-state index in [1.54, 1.807) is 24.3 Å². The third-order valence-electron chi connectivity index (χ3n) is 5.03. The van der Waals surface area contributed by atoms with E-state index in [1.165, 1.54) is 11.6 Å². The molecule has 2 heteroatoms. The third kappa shape index (κ3) is 5.16. The second-order valence-corrected chi connectivity index (χ2v) is 7.31. The van der Waals surface area contributed by atoms with Crippen LogP contribution < -0.4 is 0 Å². The molecule has 0 N–H and O–H groups in total. The largest absolute Gasteiger partial charge is 0.207 e. The topological polar surface area (TPSA) is 0 Å². The van der Waals surface area contributed by atoms with Gasteiger partial charge in [0.25, 0.3) is 0 Å². The fourth-order valence-electron chi connectivity index (χ4n) is 3.41. The highest BCUT2D eigenvalue weighted by atomic mass is 19.1. The fourth-order valence-corrected chi connectivity index (χ4v) is 3.41. The van der Waals surface area contributed by atoms with Gasteiger partial charge in [0.15, 0.2) is 0 Å². The zero-order valence-electron chi connectivity index (χ0n) is 16.5. The van der Waals surface area contributed by atoms with E-state index in [0.29, 0.717) is 11.5 Å². The Kier molecular flexibility index (Phi) is 6.76. The van der Waals surface area contributed by atoms with Crippen molar-refractivity contribution in [2.24, 2.45) is 0 Å². The smallest absolute Gasteiger partial charge is 0.130 e. The van der Waals surface area contributed by atoms with E-state index >= 15 is 0 Å². The molecule has 28 heavy (non-hydrogen) atoms. The highest BCUT2D eigenvalue weighted by Crippen LogP contribution is 2.22. The lowest BCUT2D eigenvalue weighted by molar-refractivity contribution is 0.607. The van der Waals surface area contributed by atoms with E-state index in [4.69, 9.17) is 0 Å². The lowest BCUT2D eigenvalue weighted by atomic mass is 9.93. The Bertz CT molecular complexity index is 942. The molecule has 0 fully saturated rings. The third-order valence-corrected chi connectivity index (χ3v) is 5.03. The molecule has 0 saturated heterocycles. The van der Waals surface area contributed by atoms with E-state index in [2.05, 4.69) is 19.1 Å². The first kappa shape index (κ1) is 20.0.